The maximum atomic E-state index is 11.6. The van der Waals surface area contributed by atoms with E-state index in [0.717, 1.165) is 39.1 Å². The number of carboxylic acid groups (broad SMARTS) is 1. The lowest BCUT2D eigenvalue weighted by molar-refractivity contribution is -0.154. The van der Waals surface area contributed by atoms with Crippen molar-refractivity contribution < 1.29 is 14.6 Å². The highest BCUT2D eigenvalue weighted by molar-refractivity contribution is 5.72. The Balaban J connectivity index is 1.47. The number of nitrogens with zero attached hydrogens (tertiary/aromatic N) is 1. The Hall–Kier alpha value is -0.610. The van der Waals surface area contributed by atoms with Gasteiger partial charge in [0.25, 0.3) is 0 Å². The standard InChI is InChI=1S/C15H23NO3/c17-14(18)12-10-1-2-11(7-10)13(12)16-8-15(9-16)3-5-19-6-4-15/h10-13H,1-9H2,(H,17,18). The van der Waals surface area contributed by atoms with E-state index in [1.54, 1.807) is 0 Å². The number of rotatable bonds is 2. The van der Waals surface area contributed by atoms with Crippen LogP contribution in [0.1, 0.15) is 32.1 Å². The first-order valence-electron chi connectivity index (χ1n) is 7.73. The van der Waals surface area contributed by atoms with Crippen molar-refractivity contribution in [2.45, 2.75) is 38.1 Å². The fraction of sp³-hybridized carbons (Fsp3) is 0.933. The first-order chi connectivity index (χ1) is 9.19. The lowest BCUT2D eigenvalue weighted by Gasteiger charge is -2.56. The second-order valence-corrected chi connectivity index (χ2v) is 7.21. The highest BCUT2D eigenvalue weighted by atomic mass is 16.5. The van der Waals surface area contributed by atoms with E-state index in [1.807, 2.05) is 0 Å². The van der Waals surface area contributed by atoms with Crippen LogP contribution in [0.3, 0.4) is 0 Å². The number of hydrogen-bond acceptors (Lipinski definition) is 3. The number of carboxylic acids is 1. The maximum Gasteiger partial charge on any atom is 0.308 e. The molecule has 0 amide bonds. The summed E-state index contributed by atoms with van der Waals surface area (Å²) in [5.41, 5.74) is 0.461. The van der Waals surface area contributed by atoms with Crippen LogP contribution in [0, 0.1) is 23.2 Å². The largest absolute Gasteiger partial charge is 0.481 e. The fourth-order valence-corrected chi connectivity index (χ4v) is 5.28. The van der Waals surface area contributed by atoms with Crippen molar-refractivity contribution in [2.24, 2.45) is 23.2 Å². The van der Waals surface area contributed by atoms with Gasteiger partial charge >= 0.3 is 5.97 Å². The summed E-state index contributed by atoms with van der Waals surface area (Å²) in [4.78, 5) is 14.1. The predicted octanol–water partition coefficient (Wildman–Crippen LogP) is 1.60. The zero-order valence-corrected chi connectivity index (χ0v) is 11.4. The van der Waals surface area contributed by atoms with Gasteiger partial charge in [-0.15, -0.1) is 0 Å². The smallest absolute Gasteiger partial charge is 0.308 e. The molecule has 2 saturated heterocycles. The molecule has 4 atom stereocenters. The van der Waals surface area contributed by atoms with Crippen LogP contribution in [0.4, 0.5) is 0 Å². The lowest BCUT2D eigenvalue weighted by Crippen LogP contribution is -2.64. The first kappa shape index (κ1) is 12.2. The normalized spacial score (nSPS) is 44.4. The third-order valence-electron chi connectivity index (χ3n) is 6.21. The van der Waals surface area contributed by atoms with Crippen LogP contribution >= 0.6 is 0 Å². The Bertz CT molecular complexity index is 383. The van der Waals surface area contributed by atoms with E-state index in [4.69, 9.17) is 4.74 Å². The zero-order chi connectivity index (χ0) is 13.0. The van der Waals surface area contributed by atoms with Gasteiger partial charge in [-0.25, -0.2) is 0 Å². The van der Waals surface area contributed by atoms with Crippen LogP contribution in [-0.4, -0.2) is 48.3 Å². The Morgan fingerprint density at radius 1 is 1.16 bits per heavy atom. The molecular weight excluding hydrogens is 242 g/mol. The van der Waals surface area contributed by atoms with Crippen molar-refractivity contribution >= 4 is 5.97 Å². The summed E-state index contributed by atoms with van der Waals surface area (Å²) in [5, 5.41) is 9.53. The highest BCUT2D eigenvalue weighted by Gasteiger charge is 2.57. The van der Waals surface area contributed by atoms with E-state index in [0.29, 0.717) is 23.3 Å². The lowest BCUT2D eigenvalue weighted by atomic mass is 9.70. The van der Waals surface area contributed by atoms with Crippen molar-refractivity contribution in [3.63, 3.8) is 0 Å². The molecule has 2 aliphatic carbocycles. The van der Waals surface area contributed by atoms with Crippen molar-refractivity contribution in [2.75, 3.05) is 26.3 Å². The minimum atomic E-state index is -0.551. The summed E-state index contributed by atoms with van der Waals surface area (Å²) in [6.07, 6.45) is 5.90. The molecule has 2 saturated carbocycles. The van der Waals surface area contributed by atoms with E-state index < -0.39 is 5.97 Å². The van der Waals surface area contributed by atoms with E-state index >= 15 is 0 Å². The van der Waals surface area contributed by atoms with Crippen molar-refractivity contribution in [3.8, 4) is 0 Å². The third-order valence-corrected chi connectivity index (χ3v) is 6.21. The molecule has 19 heavy (non-hydrogen) atoms. The van der Waals surface area contributed by atoms with Crippen molar-refractivity contribution in [1.29, 1.82) is 0 Å². The summed E-state index contributed by atoms with van der Waals surface area (Å²) in [6, 6.07) is 0.338. The molecule has 1 N–H and O–H groups in total. The molecule has 2 bridgehead atoms. The van der Waals surface area contributed by atoms with Gasteiger partial charge in [-0.05, 0) is 43.9 Å². The maximum absolute atomic E-state index is 11.6. The summed E-state index contributed by atoms with van der Waals surface area (Å²) < 4.78 is 5.46. The molecule has 4 unspecified atom stereocenters. The van der Waals surface area contributed by atoms with E-state index in [1.165, 1.54) is 19.3 Å². The molecule has 2 aliphatic heterocycles. The van der Waals surface area contributed by atoms with Crippen LogP contribution in [0.25, 0.3) is 0 Å². The summed E-state index contributed by atoms with van der Waals surface area (Å²) in [7, 11) is 0. The van der Waals surface area contributed by atoms with Gasteiger partial charge in [-0.1, -0.05) is 0 Å². The number of likely N-dealkylation sites (tertiary alicyclic amines) is 1. The molecule has 4 rings (SSSR count). The summed E-state index contributed by atoms with van der Waals surface area (Å²) in [5.74, 6) is 0.475. The molecule has 4 aliphatic rings. The van der Waals surface area contributed by atoms with Gasteiger partial charge in [-0.3, -0.25) is 9.69 Å². The number of carbonyl (C=O) groups is 1. The fourth-order valence-electron chi connectivity index (χ4n) is 5.28. The molecule has 0 aromatic carbocycles. The Morgan fingerprint density at radius 3 is 2.53 bits per heavy atom. The van der Waals surface area contributed by atoms with Gasteiger partial charge in [0.2, 0.25) is 0 Å². The predicted molar refractivity (Wildman–Crippen MR) is 69.8 cm³/mol. The van der Waals surface area contributed by atoms with Gasteiger partial charge in [0.05, 0.1) is 5.92 Å². The average Bonchev–Trinajstić information content (AvgIpc) is 2.96. The van der Waals surface area contributed by atoms with Gasteiger partial charge in [0.15, 0.2) is 0 Å². The summed E-state index contributed by atoms with van der Waals surface area (Å²) in [6.45, 7) is 4.03. The van der Waals surface area contributed by atoms with Gasteiger partial charge in [-0.2, -0.15) is 0 Å². The van der Waals surface area contributed by atoms with Crippen LogP contribution in [-0.2, 0) is 9.53 Å². The average molecular weight is 265 g/mol. The third kappa shape index (κ3) is 1.76. The molecule has 4 nitrogen and oxygen atoms in total. The zero-order valence-electron chi connectivity index (χ0n) is 11.4. The highest BCUT2D eigenvalue weighted by Crippen LogP contribution is 2.54. The number of ether oxygens (including phenoxy) is 1. The first-order valence-corrected chi connectivity index (χ1v) is 7.73. The molecule has 4 heteroatoms. The molecule has 0 aromatic rings. The van der Waals surface area contributed by atoms with Gasteiger partial charge in [0.1, 0.15) is 0 Å². The topological polar surface area (TPSA) is 49.8 Å². The molecule has 0 aromatic heterocycles. The van der Waals surface area contributed by atoms with Crippen molar-refractivity contribution in [1.82, 2.24) is 4.90 Å². The number of fused-ring (bicyclic) bond motifs is 2. The minimum Gasteiger partial charge on any atom is -0.481 e. The number of aliphatic carboxylic acids is 1. The van der Waals surface area contributed by atoms with Gasteiger partial charge in [0, 0.05) is 37.8 Å². The van der Waals surface area contributed by atoms with Gasteiger partial charge < -0.3 is 9.84 Å². The SMILES string of the molecule is O=C(O)C1C2CCC(C2)C1N1CC2(CCOCC2)C1. The van der Waals surface area contributed by atoms with Crippen LogP contribution in [0.2, 0.25) is 0 Å². The quantitative estimate of drug-likeness (QED) is 0.824. The number of hydrogen-bond donors (Lipinski definition) is 1. The van der Waals surface area contributed by atoms with Crippen LogP contribution in [0.15, 0.2) is 0 Å². The molecule has 2 heterocycles. The molecule has 106 valence electrons. The van der Waals surface area contributed by atoms with Crippen LogP contribution < -0.4 is 0 Å². The second-order valence-electron chi connectivity index (χ2n) is 7.21. The Labute approximate surface area is 114 Å². The minimum absolute atomic E-state index is 0.0871. The monoisotopic (exact) mass is 265 g/mol. The second kappa shape index (κ2) is 4.19. The van der Waals surface area contributed by atoms with E-state index in [9.17, 15) is 9.90 Å². The Morgan fingerprint density at radius 2 is 1.84 bits per heavy atom. The molecular formula is C15H23NO3. The molecule has 1 spiro atoms. The van der Waals surface area contributed by atoms with E-state index in [2.05, 4.69) is 4.90 Å². The molecule has 4 fully saturated rings. The van der Waals surface area contributed by atoms with Crippen molar-refractivity contribution in [3.05, 3.63) is 0 Å². The summed E-state index contributed by atoms with van der Waals surface area (Å²) >= 11 is 0. The van der Waals surface area contributed by atoms with E-state index in [-0.39, 0.29) is 5.92 Å². The Kier molecular flexibility index (Phi) is 2.68. The molecule has 0 radical (unpaired) electrons. The van der Waals surface area contributed by atoms with Crippen LogP contribution in [0.5, 0.6) is 0 Å².